The molecular weight excluding hydrogens is 250 g/mol. The fraction of sp³-hybridized carbons (Fsp3) is 0.500. The summed E-state index contributed by atoms with van der Waals surface area (Å²) in [7, 11) is 0. The van der Waals surface area contributed by atoms with Gasteiger partial charge in [0.05, 0.1) is 17.7 Å². The number of aliphatic hydroxyl groups is 1. The average Bonchev–Trinajstić information content (AvgIpc) is 2.50. The van der Waals surface area contributed by atoms with E-state index in [1.807, 2.05) is 30.5 Å². The Kier molecular flexibility index (Phi) is 3.57. The summed E-state index contributed by atoms with van der Waals surface area (Å²) in [5, 5.41) is 14.2. The second kappa shape index (κ2) is 5.37. The van der Waals surface area contributed by atoms with Crippen molar-refractivity contribution in [2.45, 2.75) is 38.1 Å². The molecule has 1 heterocycles. The van der Waals surface area contributed by atoms with Crippen LogP contribution >= 0.6 is 0 Å². The van der Waals surface area contributed by atoms with Crippen molar-refractivity contribution in [3.05, 3.63) is 30.5 Å². The lowest BCUT2D eigenvalue weighted by Crippen LogP contribution is -2.45. The molecular formula is C16H21N3O. The van der Waals surface area contributed by atoms with Crippen LogP contribution in [-0.2, 0) is 0 Å². The highest BCUT2D eigenvalue weighted by molar-refractivity contribution is 5.78. The molecule has 1 aliphatic rings. The van der Waals surface area contributed by atoms with Crippen LogP contribution in [0.5, 0.6) is 0 Å². The Balaban J connectivity index is 1.83. The number of benzene rings is 1. The molecule has 0 amide bonds. The van der Waals surface area contributed by atoms with E-state index in [9.17, 15) is 5.11 Å². The van der Waals surface area contributed by atoms with Gasteiger partial charge in [0.2, 0.25) is 5.95 Å². The van der Waals surface area contributed by atoms with Crippen LogP contribution in [0.2, 0.25) is 0 Å². The molecule has 2 N–H and O–H groups in total. The number of para-hydroxylation sites is 1. The third kappa shape index (κ3) is 2.61. The number of rotatable bonds is 3. The third-order valence-corrected chi connectivity index (χ3v) is 4.40. The topological polar surface area (TPSA) is 58.0 Å². The van der Waals surface area contributed by atoms with Gasteiger partial charge >= 0.3 is 0 Å². The first-order chi connectivity index (χ1) is 9.71. The van der Waals surface area contributed by atoms with E-state index in [0.29, 0.717) is 5.95 Å². The number of fused-ring (bicyclic) bond motifs is 1. The number of hydrogen-bond donors (Lipinski definition) is 2. The largest absolute Gasteiger partial charge is 0.394 e. The summed E-state index contributed by atoms with van der Waals surface area (Å²) in [6.45, 7) is 2.41. The Hall–Kier alpha value is -1.68. The van der Waals surface area contributed by atoms with Crippen molar-refractivity contribution in [2.24, 2.45) is 5.92 Å². The highest BCUT2D eigenvalue weighted by atomic mass is 16.3. The van der Waals surface area contributed by atoms with Gasteiger partial charge in [0, 0.05) is 11.6 Å². The molecule has 1 fully saturated rings. The van der Waals surface area contributed by atoms with Gasteiger partial charge < -0.3 is 10.4 Å². The summed E-state index contributed by atoms with van der Waals surface area (Å²) in [5.74, 6) is 1.36. The molecule has 0 saturated heterocycles. The fourth-order valence-electron chi connectivity index (χ4n) is 2.91. The molecule has 3 rings (SSSR count). The molecule has 4 heteroatoms. The van der Waals surface area contributed by atoms with E-state index in [1.165, 1.54) is 0 Å². The van der Waals surface area contributed by atoms with Crippen LogP contribution in [0.3, 0.4) is 0 Å². The van der Waals surface area contributed by atoms with Crippen molar-refractivity contribution < 1.29 is 5.11 Å². The third-order valence-electron chi connectivity index (χ3n) is 4.40. The minimum Gasteiger partial charge on any atom is -0.394 e. The van der Waals surface area contributed by atoms with Crippen molar-refractivity contribution in [1.29, 1.82) is 0 Å². The van der Waals surface area contributed by atoms with Crippen molar-refractivity contribution in [3.8, 4) is 0 Å². The van der Waals surface area contributed by atoms with Gasteiger partial charge in [0.15, 0.2) is 0 Å². The lowest BCUT2D eigenvalue weighted by Gasteiger charge is -2.38. The number of aromatic nitrogens is 2. The van der Waals surface area contributed by atoms with Gasteiger partial charge in [0.25, 0.3) is 0 Å². The zero-order valence-corrected chi connectivity index (χ0v) is 11.8. The Morgan fingerprint density at radius 3 is 2.80 bits per heavy atom. The fourth-order valence-corrected chi connectivity index (χ4v) is 2.91. The summed E-state index contributed by atoms with van der Waals surface area (Å²) >= 11 is 0. The van der Waals surface area contributed by atoms with E-state index in [2.05, 4.69) is 22.2 Å². The summed E-state index contributed by atoms with van der Waals surface area (Å²) in [4.78, 5) is 8.93. The zero-order valence-electron chi connectivity index (χ0n) is 11.8. The quantitative estimate of drug-likeness (QED) is 0.901. The van der Waals surface area contributed by atoms with Gasteiger partial charge in [0.1, 0.15) is 0 Å². The maximum absolute atomic E-state index is 9.78. The van der Waals surface area contributed by atoms with Crippen LogP contribution in [0.25, 0.3) is 10.9 Å². The second-order valence-corrected chi connectivity index (χ2v) is 6.00. The van der Waals surface area contributed by atoms with E-state index in [1.54, 1.807) is 0 Å². The Bertz CT molecular complexity index is 591. The molecule has 0 radical (unpaired) electrons. The van der Waals surface area contributed by atoms with Crippen LogP contribution < -0.4 is 5.32 Å². The van der Waals surface area contributed by atoms with Crippen molar-refractivity contribution in [3.63, 3.8) is 0 Å². The SMILES string of the molecule is CC1CCC(CO)(Nc2ncc3ccccc3n2)CC1. The van der Waals surface area contributed by atoms with Gasteiger partial charge in [-0.15, -0.1) is 0 Å². The smallest absolute Gasteiger partial charge is 0.223 e. The standard InChI is InChI=1S/C16H21N3O/c1-12-6-8-16(11-20,9-7-12)19-15-17-10-13-4-2-3-5-14(13)18-15/h2-5,10,12,20H,6-9,11H2,1H3,(H,17,18,19). The van der Waals surface area contributed by atoms with Crippen LogP contribution in [-0.4, -0.2) is 27.2 Å². The molecule has 1 aliphatic carbocycles. The first-order valence-corrected chi connectivity index (χ1v) is 7.32. The molecule has 2 aromatic rings. The predicted octanol–water partition coefficient (Wildman–Crippen LogP) is 2.98. The molecule has 1 aromatic carbocycles. The molecule has 0 spiro atoms. The van der Waals surface area contributed by atoms with Gasteiger partial charge in [-0.25, -0.2) is 9.97 Å². The Labute approximate surface area is 119 Å². The first-order valence-electron chi connectivity index (χ1n) is 7.32. The molecule has 4 nitrogen and oxygen atoms in total. The average molecular weight is 271 g/mol. The predicted molar refractivity (Wildman–Crippen MR) is 80.6 cm³/mol. The van der Waals surface area contributed by atoms with Crippen LogP contribution in [0.4, 0.5) is 5.95 Å². The first kappa shape index (κ1) is 13.3. The van der Waals surface area contributed by atoms with Crippen LogP contribution in [0.15, 0.2) is 30.5 Å². The number of anilines is 1. The minimum absolute atomic E-state index is 0.135. The van der Waals surface area contributed by atoms with Crippen molar-refractivity contribution >= 4 is 16.9 Å². The normalized spacial score (nSPS) is 26.6. The summed E-state index contributed by atoms with van der Waals surface area (Å²) in [5.41, 5.74) is 0.678. The number of nitrogens with one attached hydrogen (secondary N) is 1. The minimum atomic E-state index is -0.255. The molecule has 0 aliphatic heterocycles. The second-order valence-electron chi connectivity index (χ2n) is 6.00. The molecule has 0 unspecified atom stereocenters. The lowest BCUT2D eigenvalue weighted by molar-refractivity contribution is 0.154. The molecule has 0 bridgehead atoms. The number of aliphatic hydroxyl groups excluding tert-OH is 1. The maximum atomic E-state index is 9.78. The molecule has 20 heavy (non-hydrogen) atoms. The molecule has 1 saturated carbocycles. The van der Waals surface area contributed by atoms with E-state index in [4.69, 9.17) is 0 Å². The van der Waals surface area contributed by atoms with E-state index in [-0.39, 0.29) is 12.1 Å². The summed E-state index contributed by atoms with van der Waals surface area (Å²) in [6.07, 6.45) is 6.06. The van der Waals surface area contributed by atoms with E-state index >= 15 is 0 Å². The van der Waals surface area contributed by atoms with Gasteiger partial charge in [-0.3, -0.25) is 0 Å². The van der Waals surface area contributed by atoms with Crippen LogP contribution in [0, 0.1) is 5.92 Å². The monoisotopic (exact) mass is 271 g/mol. The summed E-state index contributed by atoms with van der Waals surface area (Å²) in [6, 6.07) is 7.94. The molecule has 0 atom stereocenters. The highest BCUT2D eigenvalue weighted by Crippen LogP contribution is 2.33. The van der Waals surface area contributed by atoms with Gasteiger partial charge in [-0.2, -0.15) is 0 Å². The summed E-state index contributed by atoms with van der Waals surface area (Å²) < 4.78 is 0. The Morgan fingerprint density at radius 2 is 2.05 bits per heavy atom. The number of nitrogens with zero attached hydrogens (tertiary/aromatic N) is 2. The maximum Gasteiger partial charge on any atom is 0.223 e. The highest BCUT2D eigenvalue weighted by Gasteiger charge is 2.34. The van der Waals surface area contributed by atoms with Crippen molar-refractivity contribution in [2.75, 3.05) is 11.9 Å². The molecule has 1 aromatic heterocycles. The number of hydrogen-bond acceptors (Lipinski definition) is 4. The van der Waals surface area contributed by atoms with Crippen molar-refractivity contribution in [1.82, 2.24) is 9.97 Å². The zero-order chi connectivity index (χ0) is 14.0. The van der Waals surface area contributed by atoms with Gasteiger partial charge in [-0.1, -0.05) is 25.1 Å². The molecule has 106 valence electrons. The lowest BCUT2D eigenvalue weighted by atomic mass is 9.77. The van der Waals surface area contributed by atoms with E-state index < -0.39 is 0 Å². The van der Waals surface area contributed by atoms with Gasteiger partial charge in [-0.05, 0) is 37.7 Å². The van der Waals surface area contributed by atoms with E-state index in [0.717, 1.165) is 42.5 Å². The Morgan fingerprint density at radius 1 is 1.30 bits per heavy atom. The van der Waals surface area contributed by atoms with Crippen LogP contribution in [0.1, 0.15) is 32.6 Å².